The minimum absolute atomic E-state index is 0.0431. The standard InChI is InChI=1S/C14H20N2O4S/c1-13(2)10(14(13,3)4)8-16-21(19,20)11-6-5-9(7-15-11)12(17)18/h5-7,10,16H,8H2,1-4H3,(H,17,18). The Morgan fingerprint density at radius 3 is 2.24 bits per heavy atom. The Hall–Kier alpha value is -1.47. The second-order valence-electron chi connectivity index (χ2n) is 6.54. The van der Waals surface area contributed by atoms with Gasteiger partial charge >= 0.3 is 5.97 Å². The lowest BCUT2D eigenvalue weighted by Gasteiger charge is -2.07. The maximum Gasteiger partial charge on any atom is 0.337 e. The Morgan fingerprint density at radius 1 is 1.29 bits per heavy atom. The Balaban J connectivity index is 2.08. The Bertz CT molecular complexity index is 649. The van der Waals surface area contributed by atoms with Crippen LogP contribution < -0.4 is 4.72 Å². The molecule has 1 aromatic rings. The van der Waals surface area contributed by atoms with Gasteiger partial charge in [0.2, 0.25) is 0 Å². The number of pyridine rings is 1. The van der Waals surface area contributed by atoms with Gasteiger partial charge in [0.1, 0.15) is 0 Å². The molecule has 6 nitrogen and oxygen atoms in total. The summed E-state index contributed by atoms with van der Waals surface area (Å²) in [6.45, 7) is 8.82. The number of carboxylic acid groups (broad SMARTS) is 1. The van der Waals surface area contributed by atoms with Crippen LogP contribution in [0.4, 0.5) is 0 Å². The number of nitrogens with one attached hydrogen (secondary N) is 1. The molecule has 116 valence electrons. The van der Waals surface area contributed by atoms with Gasteiger partial charge in [0.05, 0.1) is 5.56 Å². The fourth-order valence-corrected chi connectivity index (χ4v) is 3.75. The summed E-state index contributed by atoms with van der Waals surface area (Å²) in [7, 11) is -3.71. The molecule has 7 heteroatoms. The van der Waals surface area contributed by atoms with Crippen LogP contribution in [0, 0.1) is 16.7 Å². The molecule has 1 aliphatic rings. The van der Waals surface area contributed by atoms with Crippen LogP contribution in [0.15, 0.2) is 23.4 Å². The fraction of sp³-hybridized carbons (Fsp3) is 0.571. The molecule has 1 aromatic heterocycles. The van der Waals surface area contributed by atoms with E-state index in [9.17, 15) is 13.2 Å². The van der Waals surface area contributed by atoms with Crippen molar-refractivity contribution in [2.75, 3.05) is 6.54 Å². The van der Waals surface area contributed by atoms with Crippen LogP contribution in [0.5, 0.6) is 0 Å². The van der Waals surface area contributed by atoms with Gasteiger partial charge in [-0.3, -0.25) is 0 Å². The van der Waals surface area contributed by atoms with E-state index < -0.39 is 16.0 Å². The molecule has 0 aromatic carbocycles. The van der Waals surface area contributed by atoms with Crippen molar-refractivity contribution in [3.63, 3.8) is 0 Å². The average molecular weight is 312 g/mol. The number of aromatic carboxylic acids is 1. The van der Waals surface area contributed by atoms with E-state index in [1.54, 1.807) is 0 Å². The maximum absolute atomic E-state index is 12.1. The third kappa shape index (κ3) is 2.67. The topological polar surface area (TPSA) is 96.4 Å². The van der Waals surface area contributed by atoms with Gasteiger partial charge in [0.25, 0.3) is 10.0 Å². The van der Waals surface area contributed by atoms with Crippen molar-refractivity contribution in [3.05, 3.63) is 23.9 Å². The smallest absolute Gasteiger partial charge is 0.337 e. The van der Waals surface area contributed by atoms with Crippen LogP contribution in [-0.4, -0.2) is 31.0 Å². The zero-order chi connectivity index (χ0) is 16.1. The molecule has 0 spiro atoms. The van der Waals surface area contributed by atoms with Crippen molar-refractivity contribution in [1.29, 1.82) is 0 Å². The molecule has 0 radical (unpaired) electrons. The lowest BCUT2D eigenvalue weighted by atomic mass is 10.0. The number of nitrogens with zero attached hydrogens (tertiary/aromatic N) is 1. The molecular formula is C14H20N2O4S. The Morgan fingerprint density at radius 2 is 1.86 bits per heavy atom. The lowest BCUT2D eigenvalue weighted by molar-refractivity contribution is 0.0696. The molecule has 1 aliphatic carbocycles. The van der Waals surface area contributed by atoms with Crippen molar-refractivity contribution in [2.45, 2.75) is 32.7 Å². The maximum atomic E-state index is 12.1. The largest absolute Gasteiger partial charge is 0.478 e. The van der Waals surface area contributed by atoms with Gasteiger partial charge in [0.15, 0.2) is 5.03 Å². The van der Waals surface area contributed by atoms with Gasteiger partial charge in [-0.15, -0.1) is 0 Å². The molecule has 21 heavy (non-hydrogen) atoms. The molecule has 1 fully saturated rings. The third-order valence-corrected chi connectivity index (χ3v) is 6.39. The zero-order valence-electron chi connectivity index (χ0n) is 12.5. The molecule has 1 saturated carbocycles. The van der Waals surface area contributed by atoms with Crippen LogP contribution in [0.25, 0.3) is 0 Å². The van der Waals surface area contributed by atoms with E-state index in [2.05, 4.69) is 37.4 Å². The first-order valence-corrected chi connectivity index (χ1v) is 8.17. The minimum atomic E-state index is -3.71. The van der Waals surface area contributed by atoms with E-state index in [-0.39, 0.29) is 27.3 Å². The number of sulfonamides is 1. The second kappa shape index (κ2) is 4.78. The van der Waals surface area contributed by atoms with E-state index >= 15 is 0 Å². The van der Waals surface area contributed by atoms with E-state index in [1.165, 1.54) is 12.1 Å². The van der Waals surface area contributed by atoms with E-state index in [0.29, 0.717) is 6.54 Å². The van der Waals surface area contributed by atoms with E-state index in [0.717, 1.165) is 6.20 Å². The normalized spacial score (nSPS) is 20.2. The number of hydrogen-bond donors (Lipinski definition) is 2. The minimum Gasteiger partial charge on any atom is -0.478 e. The highest BCUT2D eigenvalue weighted by Gasteiger charge is 2.64. The van der Waals surface area contributed by atoms with Crippen molar-refractivity contribution in [2.24, 2.45) is 16.7 Å². The van der Waals surface area contributed by atoms with Gasteiger partial charge in [-0.2, -0.15) is 0 Å². The van der Waals surface area contributed by atoms with Crippen molar-refractivity contribution in [3.8, 4) is 0 Å². The fourth-order valence-electron chi connectivity index (χ4n) is 2.78. The summed E-state index contributed by atoms with van der Waals surface area (Å²) < 4.78 is 26.9. The summed E-state index contributed by atoms with van der Waals surface area (Å²) in [5.41, 5.74) is 0.144. The molecule has 0 atom stereocenters. The third-order valence-electron chi connectivity index (χ3n) is 5.06. The van der Waals surface area contributed by atoms with Gasteiger partial charge in [-0.25, -0.2) is 22.9 Å². The molecular weight excluding hydrogens is 292 g/mol. The predicted octanol–water partition coefficient (Wildman–Crippen LogP) is 1.74. The Labute approximate surface area is 124 Å². The summed E-state index contributed by atoms with van der Waals surface area (Å²) in [6, 6.07) is 2.43. The monoisotopic (exact) mass is 312 g/mol. The van der Waals surface area contributed by atoms with Crippen LogP contribution in [0.3, 0.4) is 0 Å². The highest BCUT2D eigenvalue weighted by atomic mass is 32.2. The highest BCUT2D eigenvalue weighted by molar-refractivity contribution is 7.89. The molecule has 1 heterocycles. The average Bonchev–Trinajstić information content (AvgIpc) is 2.77. The number of hydrogen-bond acceptors (Lipinski definition) is 4. The van der Waals surface area contributed by atoms with Crippen LogP contribution in [0.2, 0.25) is 0 Å². The second-order valence-corrected chi connectivity index (χ2v) is 8.25. The van der Waals surface area contributed by atoms with Crippen LogP contribution in [0.1, 0.15) is 38.1 Å². The predicted molar refractivity (Wildman–Crippen MR) is 77.4 cm³/mol. The molecule has 2 N–H and O–H groups in total. The summed E-state index contributed by atoms with van der Waals surface area (Å²) in [6.07, 6.45) is 1.04. The first kappa shape index (κ1) is 15.9. The Kier molecular flexibility index (Phi) is 3.62. The molecule has 0 aliphatic heterocycles. The first-order valence-electron chi connectivity index (χ1n) is 6.69. The SMILES string of the molecule is CC1(C)C(CNS(=O)(=O)c2ccc(C(=O)O)cn2)C1(C)C. The van der Waals surface area contributed by atoms with Crippen molar-refractivity contribution < 1.29 is 18.3 Å². The first-order chi connectivity index (χ1) is 9.50. The zero-order valence-corrected chi connectivity index (χ0v) is 13.4. The number of carboxylic acids is 1. The van der Waals surface area contributed by atoms with Crippen LogP contribution >= 0.6 is 0 Å². The number of carbonyl (C=O) groups is 1. The van der Waals surface area contributed by atoms with Gasteiger partial charge in [0, 0.05) is 12.7 Å². The summed E-state index contributed by atoms with van der Waals surface area (Å²) >= 11 is 0. The van der Waals surface area contributed by atoms with E-state index in [1.807, 2.05) is 0 Å². The molecule has 2 rings (SSSR count). The van der Waals surface area contributed by atoms with Crippen LogP contribution in [-0.2, 0) is 10.0 Å². The molecule has 0 bridgehead atoms. The van der Waals surface area contributed by atoms with Gasteiger partial charge in [-0.05, 0) is 28.9 Å². The van der Waals surface area contributed by atoms with E-state index in [4.69, 9.17) is 5.11 Å². The van der Waals surface area contributed by atoms with Crippen molar-refractivity contribution >= 4 is 16.0 Å². The molecule has 0 saturated heterocycles. The quantitative estimate of drug-likeness (QED) is 0.863. The lowest BCUT2D eigenvalue weighted by Crippen LogP contribution is -2.28. The summed E-state index contributed by atoms with van der Waals surface area (Å²) in [4.78, 5) is 14.4. The number of rotatable bonds is 5. The van der Waals surface area contributed by atoms with Crippen molar-refractivity contribution in [1.82, 2.24) is 9.71 Å². The molecule has 0 unspecified atom stereocenters. The highest BCUT2D eigenvalue weighted by Crippen LogP contribution is 2.67. The van der Waals surface area contributed by atoms with Gasteiger partial charge in [-0.1, -0.05) is 27.7 Å². The summed E-state index contributed by atoms with van der Waals surface area (Å²) in [5.74, 6) is -0.876. The molecule has 0 amide bonds. The number of aromatic nitrogens is 1. The summed E-state index contributed by atoms with van der Waals surface area (Å²) in [5, 5.41) is 8.61. The van der Waals surface area contributed by atoms with Gasteiger partial charge < -0.3 is 5.11 Å².